The van der Waals surface area contributed by atoms with Crippen LogP contribution < -0.4 is 31.8 Å². The number of aromatic nitrogens is 5. The number of aromatic amines is 1. The number of H-pyrrole nitrogens is 1. The number of imidazole rings is 1. The first-order valence-corrected chi connectivity index (χ1v) is 13.3. The number of rotatable bonds is 9. The monoisotopic (exact) mass is 548 g/mol. The van der Waals surface area contributed by atoms with Gasteiger partial charge in [0.1, 0.15) is 13.2 Å². The second-order valence-electron chi connectivity index (χ2n) is 9.90. The van der Waals surface area contributed by atoms with Crippen molar-refractivity contribution >= 4 is 56.2 Å². The van der Waals surface area contributed by atoms with E-state index in [9.17, 15) is 4.79 Å². The van der Waals surface area contributed by atoms with E-state index in [1.807, 2.05) is 60.7 Å². The molecule has 0 fully saturated rings. The maximum absolute atomic E-state index is 12.7. The molecule has 0 atom stereocenters. The summed E-state index contributed by atoms with van der Waals surface area (Å²) in [6, 6.07) is 21.7. The van der Waals surface area contributed by atoms with Crippen LogP contribution in [0.5, 0.6) is 5.88 Å². The molecule has 0 aliphatic rings. The molecule has 3 aromatic heterocycles. The van der Waals surface area contributed by atoms with Crippen molar-refractivity contribution in [1.29, 1.82) is 0 Å². The summed E-state index contributed by atoms with van der Waals surface area (Å²) in [7, 11) is 0. The summed E-state index contributed by atoms with van der Waals surface area (Å²) in [6.45, 7) is 1.39. The number of carbonyl (C=O) groups is 1. The zero-order valence-electron chi connectivity index (χ0n) is 22.3. The van der Waals surface area contributed by atoms with Crippen LogP contribution >= 0.6 is 0 Å². The van der Waals surface area contributed by atoms with Crippen LogP contribution in [0.1, 0.15) is 24.0 Å². The van der Waals surface area contributed by atoms with Crippen LogP contribution in [0, 0.1) is 0 Å². The van der Waals surface area contributed by atoms with E-state index in [1.54, 1.807) is 0 Å². The predicted molar refractivity (Wildman–Crippen MR) is 158 cm³/mol. The highest BCUT2D eigenvalue weighted by molar-refractivity contribution is 5.91. The number of fused-ring (bicyclic) bond motifs is 3. The molecule has 0 saturated heterocycles. The van der Waals surface area contributed by atoms with Gasteiger partial charge in [0.25, 0.3) is 0 Å². The molecule has 0 aliphatic heterocycles. The molecule has 0 saturated carbocycles. The molecule has 0 radical (unpaired) electrons. The molecule has 6 rings (SSSR count). The number of hydrogen-bond donors (Lipinski definition) is 5. The smallest absolute Gasteiger partial charge is 0.247 e. The Balaban J connectivity index is 1.04. The number of nitrogens with two attached hydrogens (primary N) is 3. The molecule has 3 heterocycles. The summed E-state index contributed by atoms with van der Waals surface area (Å²) in [5.74, 6) is 0.430. The number of nitrogens with one attached hydrogen (secondary N) is 2. The second kappa shape index (κ2) is 11.0. The molecular formula is C30H30N9O2+. The number of carbonyl (C=O) groups excluding carboxylic acids is 1. The topological polar surface area (TPSA) is 175 Å². The zero-order chi connectivity index (χ0) is 28.3. The number of nitrogens with zero attached hydrogens (tertiary/aromatic N) is 4. The summed E-state index contributed by atoms with van der Waals surface area (Å²) < 4.78 is 8.02. The fourth-order valence-electron chi connectivity index (χ4n) is 4.89. The van der Waals surface area contributed by atoms with Gasteiger partial charge in [0.05, 0.1) is 6.33 Å². The Bertz CT molecular complexity index is 1820. The Labute approximate surface area is 235 Å². The number of hydrogen-bond acceptors (Lipinski definition) is 8. The summed E-state index contributed by atoms with van der Waals surface area (Å²) >= 11 is 0. The third-order valence-corrected chi connectivity index (χ3v) is 6.94. The van der Waals surface area contributed by atoms with Gasteiger partial charge < -0.3 is 32.2 Å². The normalized spacial score (nSPS) is 11.3. The first-order chi connectivity index (χ1) is 19.9. The lowest BCUT2D eigenvalue weighted by Gasteiger charge is -2.09. The van der Waals surface area contributed by atoms with E-state index in [0.29, 0.717) is 61.0 Å². The lowest BCUT2D eigenvalue weighted by Crippen LogP contribution is -2.36. The Morgan fingerprint density at radius 3 is 2.27 bits per heavy atom. The molecule has 11 heteroatoms. The van der Waals surface area contributed by atoms with Crippen molar-refractivity contribution in [3.05, 3.63) is 84.2 Å². The van der Waals surface area contributed by atoms with Crippen molar-refractivity contribution in [2.24, 2.45) is 0 Å². The van der Waals surface area contributed by atoms with Crippen LogP contribution in [0.2, 0.25) is 0 Å². The van der Waals surface area contributed by atoms with Crippen molar-refractivity contribution in [3.8, 4) is 5.88 Å². The first kappa shape index (κ1) is 25.8. The molecule has 3 aromatic carbocycles. The number of amides is 1. The van der Waals surface area contributed by atoms with E-state index in [-0.39, 0.29) is 11.9 Å². The van der Waals surface area contributed by atoms with Crippen molar-refractivity contribution < 1.29 is 14.1 Å². The molecule has 0 aliphatic carbocycles. The number of aryl methyl sites for hydroxylation is 1. The highest BCUT2D eigenvalue weighted by Crippen LogP contribution is 2.23. The molecule has 41 heavy (non-hydrogen) atoms. The van der Waals surface area contributed by atoms with Gasteiger partial charge in [-0.15, -0.1) is 0 Å². The van der Waals surface area contributed by atoms with E-state index in [0.717, 1.165) is 32.9 Å². The van der Waals surface area contributed by atoms with Crippen molar-refractivity contribution in [2.45, 2.75) is 32.5 Å². The van der Waals surface area contributed by atoms with E-state index in [2.05, 4.69) is 35.9 Å². The van der Waals surface area contributed by atoms with E-state index in [1.165, 1.54) is 6.33 Å². The van der Waals surface area contributed by atoms with Gasteiger partial charge in [-0.3, -0.25) is 4.79 Å². The Morgan fingerprint density at radius 2 is 1.56 bits per heavy atom. The van der Waals surface area contributed by atoms with Crippen molar-refractivity contribution in [3.63, 3.8) is 0 Å². The minimum Gasteiger partial charge on any atom is -0.471 e. The highest BCUT2D eigenvalue weighted by Gasteiger charge is 2.17. The standard InChI is InChI=1S/C30H29N9O2/c31-22-9-7-20-12-21-8-10-23(32)14-25(21)39(24(20)13-22)11-1-2-26(40)34-15-18-3-5-19(6-4-18)16-41-29-27-28(36-17-35-27)37-30(33)38-29/h3-10,12-14,17H,1-2,11,15-16H2,(H7,31,32,33,34,35,36,37,38,40)/p+1. The number of anilines is 3. The summed E-state index contributed by atoms with van der Waals surface area (Å²) in [4.78, 5) is 28.0. The fraction of sp³-hybridized carbons (Fsp3) is 0.167. The quantitative estimate of drug-likeness (QED) is 0.104. The largest absolute Gasteiger partial charge is 0.471 e. The van der Waals surface area contributed by atoms with Crippen LogP contribution in [-0.2, 0) is 24.5 Å². The van der Waals surface area contributed by atoms with Gasteiger partial charge in [-0.1, -0.05) is 24.3 Å². The summed E-state index contributed by atoms with van der Waals surface area (Å²) in [5.41, 5.74) is 24.3. The third-order valence-electron chi connectivity index (χ3n) is 6.94. The van der Waals surface area contributed by atoms with Crippen LogP contribution in [0.15, 0.2) is 73.1 Å². The Hall–Kier alpha value is -5.45. The van der Waals surface area contributed by atoms with Gasteiger partial charge in [0, 0.05) is 53.7 Å². The third kappa shape index (κ3) is 5.64. The molecule has 0 unspecified atom stereocenters. The number of nitrogen functional groups attached to an aromatic ring is 3. The van der Waals surface area contributed by atoms with Crippen LogP contribution in [0.3, 0.4) is 0 Å². The van der Waals surface area contributed by atoms with Gasteiger partial charge >= 0.3 is 0 Å². The van der Waals surface area contributed by atoms with Crippen LogP contribution in [0.25, 0.3) is 33.0 Å². The predicted octanol–water partition coefficient (Wildman–Crippen LogP) is 3.37. The molecule has 206 valence electrons. The first-order valence-electron chi connectivity index (χ1n) is 13.3. The van der Waals surface area contributed by atoms with Crippen molar-refractivity contribution in [2.75, 3.05) is 17.2 Å². The zero-order valence-corrected chi connectivity index (χ0v) is 22.3. The number of benzene rings is 3. The van der Waals surface area contributed by atoms with Gasteiger partial charge in [-0.05, 0) is 41.5 Å². The van der Waals surface area contributed by atoms with Crippen molar-refractivity contribution in [1.82, 2.24) is 25.3 Å². The maximum Gasteiger partial charge on any atom is 0.247 e. The average Bonchev–Trinajstić information content (AvgIpc) is 3.44. The van der Waals surface area contributed by atoms with Gasteiger partial charge in [-0.25, -0.2) is 4.98 Å². The molecular weight excluding hydrogens is 518 g/mol. The lowest BCUT2D eigenvalue weighted by molar-refractivity contribution is -0.645. The van der Waals surface area contributed by atoms with Crippen LogP contribution in [0.4, 0.5) is 17.3 Å². The molecule has 8 N–H and O–H groups in total. The van der Waals surface area contributed by atoms with E-state index in [4.69, 9.17) is 21.9 Å². The average molecular weight is 549 g/mol. The van der Waals surface area contributed by atoms with Gasteiger partial charge in [0.15, 0.2) is 11.2 Å². The van der Waals surface area contributed by atoms with Gasteiger partial charge in [0.2, 0.25) is 28.8 Å². The summed E-state index contributed by atoms with van der Waals surface area (Å²) in [5, 5.41) is 5.19. The fourth-order valence-corrected chi connectivity index (χ4v) is 4.89. The molecule has 1 amide bonds. The SMILES string of the molecule is Nc1ccc2cc3ccc(N)cc3[n+](CCCC(=O)NCc3ccc(COc4nc(N)nc5[nH]cnc45)cc3)c2c1. The highest BCUT2D eigenvalue weighted by atomic mass is 16.5. The summed E-state index contributed by atoms with van der Waals surface area (Å²) in [6.07, 6.45) is 2.58. The second-order valence-corrected chi connectivity index (χ2v) is 9.90. The minimum absolute atomic E-state index is 0.00838. The molecule has 0 spiro atoms. The molecule has 11 nitrogen and oxygen atoms in total. The minimum atomic E-state index is -0.00838. The number of pyridine rings is 1. The Morgan fingerprint density at radius 1 is 0.878 bits per heavy atom. The van der Waals surface area contributed by atoms with Crippen LogP contribution in [-0.4, -0.2) is 25.8 Å². The lowest BCUT2D eigenvalue weighted by atomic mass is 10.1. The van der Waals surface area contributed by atoms with E-state index < -0.39 is 0 Å². The number of ether oxygens (including phenoxy) is 1. The molecule has 0 bridgehead atoms. The van der Waals surface area contributed by atoms with E-state index >= 15 is 0 Å². The molecule has 6 aromatic rings. The Kier molecular flexibility index (Phi) is 6.90. The maximum atomic E-state index is 12.7. The van der Waals surface area contributed by atoms with Gasteiger partial charge in [-0.2, -0.15) is 14.5 Å².